The van der Waals surface area contributed by atoms with Crippen molar-refractivity contribution in [1.82, 2.24) is 0 Å². The van der Waals surface area contributed by atoms with Crippen LogP contribution in [-0.2, 0) is 9.53 Å². The van der Waals surface area contributed by atoms with Gasteiger partial charge in [0.25, 0.3) is 0 Å². The minimum absolute atomic E-state index is 0.251. The fourth-order valence-corrected chi connectivity index (χ4v) is 3.73. The lowest BCUT2D eigenvalue weighted by Crippen LogP contribution is -2.30. The van der Waals surface area contributed by atoms with E-state index < -0.39 is 18.2 Å². The molecule has 1 aliphatic heterocycles. The number of halogens is 2. The number of nitrogens with one attached hydrogen (secondary N) is 1. The molecule has 0 saturated carbocycles. The third kappa shape index (κ3) is 3.86. The van der Waals surface area contributed by atoms with Crippen LogP contribution in [0, 0.1) is 0 Å². The van der Waals surface area contributed by atoms with Gasteiger partial charge >= 0.3 is 5.97 Å². The van der Waals surface area contributed by atoms with E-state index in [-0.39, 0.29) is 6.42 Å². The smallest absolute Gasteiger partial charge is 0.306 e. The Morgan fingerprint density at radius 3 is 2.85 bits per heavy atom. The highest BCUT2D eigenvalue weighted by Crippen LogP contribution is 2.42. The predicted molar refractivity (Wildman–Crippen MR) is 107 cm³/mol. The summed E-state index contributed by atoms with van der Waals surface area (Å²) >= 11 is 15.3. The number of aliphatic carboxylic acids is 1. The first-order valence-corrected chi connectivity index (χ1v) is 9.28. The summed E-state index contributed by atoms with van der Waals surface area (Å²) in [6.45, 7) is 0. The number of ether oxygens (including phenoxy) is 2. The molecule has 0 bridgehead atoms. The first kappa shape index (κ1) is 19.1. The van der Waals surface area contributed by atoms with E-state index in [9.17, 15) is 9.90 Å². The predicted octanol–water partition coefficient (Wildman–Crippen LogP) is 4.81. The van der Waals surface area contributed by atoms with Crippen molar-refractivity contribution < 1.29 is 19.4 Å². The lowest BCUT2D eigenvalue weighted by Gasteiger charge is -2.23. The average Bonchev–Trinajstić information content (AvgIpc) is 2.72. The van der Waals surface area contributed by atoms with Gasteiger partial charge in [-0.05, 0) is 24.3 Å². The molecule has 0 radical (unpaired) electrons. The van der Waals surface area contributed by atoms with Crippen molar-refractivity contribution in [3.8, 4) is 5.75 Å². The van der Waals surface area contributed by atoms with Gasteiger partial charge in [-0.1, -0.05) is 51.9 Å². The molecule has 0 amide bonds. The quantitative estimate of drug-likeness (QED) is 0.643. The summed E-state index contributed by atoms with van der Waals surface area (Å²) in [5, 5.41) is 12.7. The second kappa shape index (κ2) is 7.92. The number of anilines is 1. The summed E-state index contributed by atoms with van der Waals surface area (Å²) in [4.78, 5) is 11.6. The summed E-state index contributed by atoms with van der Waals surface area (Å²) in [7, 11) is 1.54. The van der Waals surface area contributed by atoms with Gasteiger partial charge in [0.05, 0.1) is 18.6 Å². The van der Waals surface area contributed by atoms with Crippen LogP contribution in [0.2, 0.25) is 5.02 Å². The van der Waals surface area contributed by atoms with E-state index in [4.69, 9.17) is 33.3 Å². The van der Waals surface area contributed by atoms with Crippen LogP contribution in [0.4, 0.5) is 5.69 Å². The molecule has 0 aromatic heterocycles. The zero-order valence-corrected chi connectivity index (χ0v) is 16.8. The van der Waals surface area contributed by atoms with Gasteiger partial charge in [0.2, 0.25) is 0 Å². The Kier molecular flexibility index (Phi) is 5.82. The van der Waals surface area contributed by atoms with Crippen LogP contribution >= 0.6 is 39.7 Å². The largest absolute Gasteiger partial charge is 0.495 e. The molecule has 1 heterocycles. The molecule has 3 rings (SSSR count). The van der Waals surface area contributed by atoms with Crippen molar-refractivity contribution in [2.75, 3.05) is 12.4 Å². The van der Waals surface area contributed by atoms with Crippen LogP contribution in [0.25, 0.3) is 0 Å². The number of carbonyl (C=O) groups is 1. The zero-order valence-electron chi connectivity index (χ0n) is 13.7. The molecule has 0 fully saturated rings. The molecule has 0 aliphatic carbocycles. The molecule has 2 aromatic carbocycles. The van der Waals surface area contributed by atoms with Crippen LogP contribution in [0.5, 0.6) is 5.75 Å². The van der Waals surface area contributed by atoms with E-state index in [0.717, 1.165) is 15.7 Å². The van der Waals surface area contributed by atoms with Gasteiger partial charge in [0, 0.05) is 21.3 Å². The Labute approximate surface area is 169 Å². The molecular weight excluding hydrogens is 442 g/mol. The number of hydrogen-bond donors (Lipinski definition) is 2. The monoisotopic (exact) mass is 455 g/mol. The third-order valence-electron chi connectivity index (χ3n) is 4.00. The van der Waals surface area contributed by atoms with Crippen LogP contribution in [0.1, 0.15) is 23.7 Å². The third-order valence-corrected chi connectivity index (χ3v) is 5.26. The van der Waals surface area contributed by atoms with Gasteiger partial charge in [-0.15, -0.1) is 0 Å². The van der Waals surface area contributed by atoms with Gasteiger partial charge in [-0.3, -0.25) is 4.79 Å². The molecule has 2 unspecified atom stereocenters. The van der Waals surface area contributed by atoms with E-state index >= 15 is 0 Å². The highest BCUT2D eigenvalue weighted by molar-refractivity contribution is 9.10. The van der Waals surface area contributed by atoms with Crippen LogP contribution in [0.3, 0.4) is 0 Å². The van der Waals surface area contributed by atoms with Gasteiger partial charge in [0.1, 0.15) is 22.9 Å². The SMILES string of the molecule is COc1cccc(C2OC(CC(=O)O)C(=S)Nc3ccc(Br)cc32)c1Cl. The first-order chi connectivity index (χ1) is 12.4. The van der Waals surface area contributed by atoms with Gasteiger partial charge < -0.3 is 19.9 Å². The number of thiocarbonyl (C=S) groups is 1. The van der Waals surface area contributed by atoms with E-state index in [1.54, 1.807) is 6.07 Å². The highest BCUT2D eigenvalue weighted by atomic mass is 79.9. The molecule has 26 heavy (non-hydrogen) atoms. The standard InChI is InChI=1S/C18H15BrClNO4S/c1-24-13-4-2-3-10(16(13)20)17-11-7-9(19)5-6-12(11)21-18(26)14(25-17)8-15(22)23/h2-7,14,17H,8H2,1H3,(H,21,26)(H,22,23). The number of hydrogen-bond acceptors (Lipinski definition) is 4. The number of carboxylic acids is 1. The summed E-state index contributed by atoms with van der Waals surface area (Å²) < 4.78 is 12.3. The topological polar surface area (TPSA) is 67.8 Å². The molecule has 2 N–H and O–H groups in total. The average molecular weight is 457 g/mol. The van der Waals surface area contributed by atoms with Gasteiger partial charge in [-0.2, -0.15) is 0 Å². The lowest BCUT2D eigenvalue weighted by atomic mass is 9.99. The molecule has 2 atom stereocenters. The molecule has 0 spiro atoms. The van der Waals surface area contributed by atoms with Gasteiger partial charge in [0.15, 0.2) is 0 Å². The van der Waals surface area contributed by atoms with E-state index in [2.05, 4.69) is 21.2 Å². The number of fused-ring (bicyclic) bond motifs is 1. The Bertz CT molecular complexity index is 876. The Hall–Kier alpha value is -1.67. The van der Waals surface area contributed by atoms with Crippen molar-refractivity contribution in [3.63, 3.8) is 0 Å². The number of benzene rings is 2. The van der Waals surface area contributed by atoms with E-state index in [0.29, 0.717) is 21.3 Å². The molecule has 8 heteroatoms. The second-order valence-corrected chi connectivity index (χ2v) is 7.42. The molecule has 5 nitrogen and oxygen atoms in total. The zero-order chi connectivity index (χ0) is 18.8. The fraction of sp³-hybridized carbons (Fsp3) is 0.222. The van der Waals surface area contributed by atoms with Crippen molar-refractivity contribution >= 4 is 56.4 Å². The van der Waals surface area contributed by atoms with Crippen molar-refractivity contribution in [3.05, 3.63) is 57.0 Å². The Morgan fingerprint density at radius 2 is 2.15 bits per heavy atom. The normalized spacial score (nSPS) is 19.3. The van der Waals surface area contributed by atoms with Crippen molar-refractivity contribution in [1.29, 1.82) is 0 Å². The van der Waals surface area contributed by atoms with Crippen LogP contribution < -0.4 is 10.1 Å². The van der Waals surface area contributed by atoms with Crippen LogP contribution in [-0.4, -0.2) is 29.3 Å². The molecule has 2 aromatic rings. The van der Waals surface area contributed by atoms with Crippen LogP contribution in [0.15, 0.2) is 40.9 Å². The molecule has 0 saturated heterocycles. The van der Waals surface area contributed by atoms with E-state index in [1.165, 1.54) is 7.11 Å². The first-order valence-electron chi connectivity index (χ1n) is 7.70. The second-order valence-electron chi connectivity index (χ2n) is 5.69. The fourth-order valence-electron chi connectivity index (χ4n) is 2.81. The molecular formula is C18H15BrClNO4S. The number of methoxy groups -OCH3 is 1. The van der Waals surface area contributed by atoms with Crippen molar-refractivity contribution in [2.24, 2.45) is 0 Å². The maximum Gasteiger partial charge on any atom is 0.306 e. The number of carboxylic acid groups (broad SMARTS) is 1. The summed E-state index contributed by atoms with van der Waals surface area (Å²) in [5.74, 6) is -0.486. The van der Waals surface area contributed by atoms with E-state index in [1.807, 2.05) is 30.3 Å². The van der Waals surface area contributed by atoms with Gasteiger partial charge in [-0.25, -0.2) is 0 Å². The minimum atomic E-state index is -0.998. The highest BCUT2D eigenvalue weighted by Gasteiger charge is 2.32. The molecule has 136 valence electrons. The number of rotatable bonds is 4. The Morgan fingerprint density at radius 1 is 1.38 bits per heavy atom. The maximum absolute atomic E-state index is 11.2. The Balaban J connectivity index is 2.15. The summed E-state index contributed by atoms with van der Waals surface area (Å²) in [6.07, 6.45) is -1.65. The maximum atomic E-state index is 11.2. The van der Waals surface area contributed by atoms with Crippen molar-refractivity contribution in [2.45, 2.75) is 18.6 Å². The minimum Gasteiger partial charge on any atom is -0.495 e. The summed E-state index contributed by atoms with van der Waals surface area (Å²) in [6, 6.07) is 11.0. The summed E-state index contributed by atoms with van der Waals surface area (Å²) in [5.41, 5.74) is 2.21. The molecule has 1 aliphatic rings. The lowest BCUT2D eigenvalue weighted by molar-refractivity contribution is -0.139.